The topological polar surface area (TPSA) is 0 Å². The average Bonchev–Trinajstić information content (AvgIpc) is 2.67. The van der Waals surface area contributed by atoms with Gasteiger partial charge in [-0.1, -0.05) is 128 Å². The highest BCUT2D eigenvalue weighted by atomic mass is 14.2. The van der Waals surface area contributed by atoms with Gasteiger partial charge in [0.25, 0.3) is 0 Å². The molecule has 0 aromatic carbocycles. The lowest BCUT2D eigenvalue weighted by Crippen LogP contribution is -2.09. The molecule has 1 saturated carbocycles. The van der Waals surface area contributed by atoms with Gasteiger partial charge in [-0.2, -0.15) is 0 Å². The second-order valence-corrected chi connectivity index (χ2v) is 9.42. The Morgan fingerprint density at radius 3 is 0.731 bits per heavy atom. The van der Waals surface area contributed by atoms with Crippen LogP contribution in [-0.2, 0) is 0 Å². The summed E-state index contributed by atoms with van der Waals surface area (Å²) in [6, 6.07) is 0. The molecular weight excluding hydrogens is 312 g/mol. The zero-order chi connectivity index (χ0) is 18.1. The molecule has 2 bridgehead atoms. The van der Waals surface area contributed by atoms with Gasteiger partial charge >= 0.3 is 0 Å². The van der Waals surface area contributed by atoms with E-state index in [2.05, 4.69) is 12.2 Å². The predicted molar refractivity (Wildman–Crippen MR) is 118 cm³/mol. The summed E-state index contributed by atoms with van der Waals surface area (Å²) in [6.07, 6.45) is 37.8. The van der Waals surface area contributed by atoms with E-state index in [0.29, 0.717) is 0 Å². The van der Waals surface area contributed by atoms with Crippen molar-refractivity contribution in [2.24, 2.45) is 11.8 Å². The highest BCUT2D eigenvalue weighted by Gasteiger charge is 2.15. The first-order chi connectivity index (χ1) is 12.9. The van der Waals surface area contributed by atoms with E-state index in [1.807, 2.05) is 0 Å². The fraction of sp³-hybridized carbons (Fsp3) is 0.923. The Morgan fingerprint density at radius 1 is 0.269 bits per heavy atom. The van der Waals surface area contributed by atoms with Crippen molar-refractivity contribution < 1.29 is 0 Å². The summed E-state index contributed by atoms with van der Waals surface area (Å²) in [5.41, 5.74) is 0. The molecule has 0 aromatic heterocycles. The van der Waals surface area contributed by atoms with Crippen LogP contribution in [-0.4, -0.2) is 0 Å². The van der Waals surface area contributed by atoms with Crippen molar-refractivity contribution >= 4 is 0 Å². The SMILES string of the molecule is C1=CC2CCCCCCCCCCCCCCCCCCCCC1CC2. The van der Waals surface area contributed by atoms with Crippen LogP contribution in [0.2, 0.25) is 0 Å². The Bertz CT molecular complexity index is 297. The zero-order valence-corrected chi connectivity index (χ0v) is 17.9. The van der Waals surface area contributed by atoms with Crippen LogP contribution in [0, 0.1) is 11.8 Å². The largest absolute Gasteiger partial charge is 0.0851 e. The molecular formula is C26H48. The molecule has 0 heteroatoms. The van der Waals surface area contributed by atoms with E-state index >= 15 is 0 Å². The molecule has 0 amide bonds. The van der Waals surface area contributed by atoms with Crippen LogP contribution >= 0.6 is 0 Å². The third-order valence-corrected chi connectivity index (χ3v) is 6.96. The summed E-state index contributed by atoms with van der Waals surface area (Å²) in [6.45, 7) is 0. The van der Waals surface area contributed by atoms with Crippen molar-refractivity contribution in [2.45, 2.75) is 141 Å². The molecule has 0 heterocycles. The number of rotatable bonds is 0. The molecule has 0 saturated heterocycles. The molecule has 3 rings (SSSR count). The van der Waals surface area contributed by atoms with Crippen LogP contribution in [0.3, 0.4) is 0 Å². The summed E-state index contributed by atoms with van der Waals surface area (Å²) in [5.74, 6) is 1.83. The Morgan fingerprint density at radius 2 is 0.500 bits per heavy atom. The van der Waals surface area contributed by atoms with Gasteiger partial charge in [-0.3, -0.25) is 0 Å². The Kier molecular flexibility index (Phi) is 13.4. The summed E-state index contributed by atoms with van der Waals surface area (Å²) in [4.78, 5) is 0. The van der Waals surface area contributed by atoms with Gasteiger partial charge in [-0.15, -0.1) is 0 Å². The van der Waals surface area contributed by atoms with Gasteiger partial charge < -0.3 is 0 Å². The number of hydrogen-bond donors (Lipinski definition) is 0. The van der Waals surface area contributed by atoms with Gasteiger partial charge in [0.1, 0.15) is 0 Å². The minimum absolute atomic E-state index is 0.914. The summed E-state index contributed by atoms with van der Waals surface area (Å²) >= 11 is 0. The van der Waals surface area contributed by atoms with Crippen molar-refractivity contribution in [3.8, 4) is 0 Å². The van der Waals surface area contributed by atoms with E-state index in [9.17, 15) is 0 Å². The van der Waals surface area contributed by atoms with Gasteiger partial charge in [0, 0.05) is 0 Å². The Balaban J connectivity index is 1.60. The van der Waals surface area contributed by atoms with E-state index in [1.165, 1.54) is 141 Å². The van der Waals surface area contributed by atoms with Crippen LogP contribution in [0.15, 0.2) is 12.2 Å². The Hall–Kier alpha value is -0.260. The molecule has 0 nitrogen and oxygen atoms in total. The molecule has 0 spiro atoms. The van der Waals surface area contributed by atoms with Crippen LogP contribution in [0.5, 0.6) is 0 Å². The van der Waals surface area contributed by atoms with Crippen molar-refractivity contribution in [1.29, 1.82) is 0 Å². The highest BCUT2D eigenvalue weighted by molar-refractivity contribution is 4.97. The molecule has 0 aromatic rings. The maximum absolute atomic E-state index is 2.59. The van der Waals surface area contributed by atoms with Crippen LogP contribution in [0.25, 0.3) is 0 Å². The molecule has 0 aliphatic heterocycles. The van der Waals surface area contributed by atoms with Crippen LogP contribution in [0.1, 0.15) is 141 Å². The van der Waals surface area contributed by atoms with E-state index in [0.717, 1.165) is 11.8 Å². The third-order valence-electron chi connectivity index (χ3n) is 6.96. The van der Waals surface area contributed by atoms with Crippen molar-refractivity contribution in [3.05, 3.63) is 12.2 Å². The van der Waals surface area contributed by atoms with Gasteiger partial charge in [-0.25, -0.2) is 0 Å². The summed E-state index contributed by atoms with van der Waals surface area (Å²) in [5, 5.41) is 0. The quantitative estimate of drug-likeness (QED) is 0.377. The molecule has 0 radical (unpaired) electrons. The molecule has 152 valence electrons. The molecule has 3 aliphatic rings. The molecule has 2 unspecified atom stereocenters. The standard InChI is InChI=1S/C26H48/c1-2-4-6-8-10-12-14-16-18-20-26-23-21-25(22-24-26)19-17-15-13-11-9-7-5-3-1/h21,23,25-26H,1-20,22,24H2. The number of allylic oxidation sites excluding steroid dienone is 2. The molecule has 26 heavy (non-hydrogen) atoms. The monoisotopic (exact) mass is 360 g/mol. The maximum atomic E-state index is 2.59. The van der Waals surface area contributed by atoms with E-state index in [1.54, 1.807) is 0 Å². The lowest BCUT2D eigenvalue weighted by Gasteiger charge is -2.23. The molecule has 2 atom stereocenters. The molecule has 3 aliphatic carbocycles. The third kappa shape index (κ3) is 11.5. The van der Waals surface area contributed by atoms with E-state index < -0.39 is 0 Å². The second-order valence-electron chi connectivity index (χ2n) is 9.42. The lowest BCUT2D eigenvalue weighted by atomic mass is 9.83. The minimum atomic E-state index is 0.914. The lowest BCUT2D eigenvalue weighted by molar-refractivity contribution is 0.396. The van der Waals surface area contributed by atoms with Crippen LogP contribution in [0.4, 0.5) is 0 Å². The van der Waals surface area contributed by atoms with Crippen molar-refractivity contribution in [3.63, 3.8) is 0 Å². The van der Waals surface area contributed by atoms with E-state index in [-0.39, 0.29) is 0 Å². The fourth-order valence-electron chi connectivity index (χ4n) is 5.06. The predicted octanol–water partition coefficient (Wildman–Crippen LogP) is 9.38. The van der Waals surface area contributed by atoms with Gasteiger partial charge in [0.05, 0.1) is 0 Å². The highest BCUT2D eigenvalue weighted by Crippen LogP contribution is 2.29. The van der Waals surface area contributed by atoms with Crippen molar-refractivity contribution in [2.75, 3.05) is 0 Å². The second kappa shape index (κ2) is 15.8. The fourth-order valence-corrected chi connectivity index (χ4v) is 5.06. The number of fused-ring (bicyclic) bond motifs is 20. The van der Waals surface area contributed by atoms with Gasteiger partial charge in [-0.05, 0) is 37.5 Å². The number of hydrogen-bond acceptors (Lipinski definition) is 0. The van der Waals surface area contributed by atoms with Gasteiger partial charge in [0.15, 0.2) is 0 Å². The van der Waals surface area contributed by atoms with Crippen molar-refractivity contribution in [1.82, 2.24) is 0 Å². The summed E-state index contributed by atoms with van der Waals surface area (Å²) in [7, 11) is 0. The first-order valence-corrected chi connectivity index (χ1v) is 12.6. The van der Waals surface area contributed by atoms with Gasteiger partial charge in [0.2, 0.25) is 0 Å². The average molecular weight is 361 g/mol. The molecule has 1 fully saturated rings. The normalized spacial score (nSPS) is 29.8. The van der Waals surface area contributed by atoms with Crippen LogP contribution < -0.4 is 0 Å². The smallest absolute Gasteiger partial charge is 0.0233 e. The zero-order valence-electron chi connectivity index (χ0n) is 17.9. The Labute approximate surface area is 165 Å². The first kappa shape index (κ1) is 22.0. The minimum Gasteiger partial charge on any atom is -0.0851 e. The molecule has 0 N–H and O–H groups in total. The first-order valence-electron chi connectivity index (χ1n) is 12.6. The van der Waals surface area contributed by atoms with E-state index in [4.69, 9.17) is 0 Å². The maximum Gasteiger partial charge on any atom is -0.0233 e. The summed E-state index contributed by atoms with van der Waals surface area (Å²) < 4.78 is 0.